The van der Waals surface area contributed by atoms with Crippen molar-refractivity contribution in [2.24, 2.45) is 17.1 Å². The number of aromatic amines is 1. The highest BCUT2D eigenvalue weighted by atomic mass is 16.5. The number of nitrogens with zero attached hydrogens (tertiary/aromatic N) is 1. The number of methoxy groups -OCH3 is 1. The van der Waals surface area contributed by atoms with E-state index in [-0.39, 0.29) is 17.9 Å². The Labute approximate surface area is 188 Å². The van der Waals surface area contributed by atoms with E-state index in [9.17, 15) is 14.7 Å². The molecule has 4 unspecified atom stereocenters. The number of piperidine rings is 1. The number of fused-ring (bicyclic) bond motifs is 1. The van der Waals surface area contributed by atoms with Gasteiger partial charge in [-0.3, -0.25) is 4.79 Å². The maximum Gasteiger partial charge on any atom is 0.407 e. The SMILES string of the molecule is COc1ccc2[nH]cc(C3CCC(C4CCOC4(C(N)=O)C(C)(C)C)N(C(=O)O)C3)c2c1. The van der Waals surface area contributed by atoms with Gasteiger partial charge in [0.1, 0.15) is 5.75 Å². The van der Waals surface area contributed by atoms with Crippen LogP contribution < -0.4 is 10.5 Å². The van der Waals surface area contributed by atoms with Crippen LogP contribution in [0.4, 0.5) is 4.79 Å². The van der Waals surface area contributed by atoms with Gasteiger partial charge in [0.25, 0.3) is 5.91 Å². The number of likely N-dealkylation sites (tertiary alicyclic amines) is 1. The van der Waals surface area contributed by atoms with E-state index in [0.717, 1.165) is 28.6 Å². The van der Waals surface area contributed by atoms with Crippen molar-refractivity contribution in [2.75, 3.05) is 20.3 Å². The van der Waals surface area contributed by atoms with Gasteiger partial charge in [-0.2, -0.15) is 0 Å². The first kappa shape index (κ1) is 22.5. The van der Waals surface area contributed by atoms with E-state index in [1.165, 1.54) is 4.90 Å². The van der Waals surface area contributed by atoms with Crippen molar-refractivity contribution < 1.29 is 24.2 Å². The van der Waals surface area contributed by atoms with Gasteiger partial charge in [-0.25, -0.2) is 4.79 Å². The summed E-state index contributed by atoms with van der Waals surface area (Å²) in [4.78, 5) is 29.8. The molecule has 2 aliphatic rings. The summed E-state index contributed by atoms with van der Waals surface area (Å²) in [5.41, 5.74) is 6.23. The van der Waals surface area contributed by atoms with Crippen LogP contribution in [0.2, 0.25) is 0 Å². The number of nitrogens with one attached hydrogen (secondary N) is 1. The molecule has 2 fully saturated rings. The summed E-state index contributed by atoms with van der Waals surface area (Å²) in [6.07, 6.45) is 3.07. The summed E-state index contributed by atoms with van der Waals surface area (Å²) >= 11 is 0. The number of rotatable bonds is 4. The number of ether oxygens (including phenoxy) is 2. The first-order valence-electron chi connectivity index (χ1n) is 11.2. The molecule has 2 aromatic rings. The van der Waals surface area contributed by atoms with Gasteiger partial charge in [0, 0.05) is 53.5 Å². The Morgan fingerprint density at radius 2 is 2.03 bits per heavy atom. The van der Waals surface area contributed by atoms with Crippen molar-refractivity contribution in [3.05, 3.63) is 30.0 Å². The lowest BCUT2D eigenvalue weighted by Crippen LogP contribution is -2.63. The summed E-state index contributed by atoms with van der Waals surface area (Å²) in [5, 5.41) is 11.2. The van der Waals surface area contributed by atoms with Crippen LogP contribution in [0.1, 0.15) is 51.5 Å². The molecule has 8 nitrogen and oxygen atoms in total. The van der Waals surface area contributed by atoms with Gasteiger partial charge < -0.3 is 30.2 Å². The number of carbonyl (C=O) groups excluding carboxylic acids is 1. The van der Waals surface area contributed by atoms with E-state index < -0.39 is 23.0 Å². The second-order valence-electron chi connectivity index (χ2n) is 10.0. The summed E-state index contributed by atoms with van der Waals surface area (Å²) in [7, 11) is 1.63. The lowest BCUT2D eigenvalue weighted by molar-refractivity contribution is -0.162. The minimum Gasteiger partial charge on any atom is -0.497 e. The lowest BCUT2D eigenvalue weighted by atomic mass is 9.64. The molecular weight excluding hydrogens is 410 g/mol. The van der Waals surface area contributed by atoms with Gasteiger partial charge in [-0.1, -0.05) is 20.8 Å². The van der Waals surface area contributed by atoms with Gasteiger partial charge in [-0.15, -0.1) is 0 Å². The van der Waals surface area contributed by atoms with Crippen LogP contribution in [-0.4, -0.2) is 58.9 Å². The highest BCUT2D eigenvalue weighted by Crippen LogP contribution is 2.50. The molecule has 2 saturated heterocycles. The fourth-order valence-electron chi connectivity index (χ4n) is 5.99. The third kappa shape index (κ3) is 3.41. The second-order valence-corrected chi connectivity index (χ2v) is 10.0. The number of amides is 2. The summed E-state index contributed by atoms with van der Waals surface area (Å²) in [6.45, 7) is 6.57. The molecule has 2 amide bonds. The monoisotopic (exact) mass is 443 g/mol. The quantitative estimate of drug-likeness (QED) is 0.666. The molecule has 0 aliphatic carbocycles. The van der Waals surface area contributed by atoms with Gasteiger partial charge >= 0.3 is 6.09 Å². The van der Waals surface area contributed by atoms with Crippen molar-refractivity contribution in [3.63, 3.8) is 0 Å². The number of carbonyl (C=O) groups is 2. The van der Waals surface area contributed by atoms with Gasteiger partial charge in [0.2, 0.25) is 0 Å². The Morgan fingerprint density at radius 3 is 2.66 bits per heavy atom. The number of primary amides is 1. The lowest BCUT2D eigenvalue weighted by Gasteiger charge is -2.49. The van der Waals surface area contributed by atoms with E-state index in [4.69, 9.17) is 15.2 Å². The minimum absolute atomic E-state index is 0.0446. The van der Waals surface area contributed by atoms with E-state index in [1.807, 2.05) is 45.2 Å². The summed E-state index contributed by atoms with van der Waals surface area (Å²) in [5.74, 6) is 0.0218. The highest BCUT2D eigenvalue weighted by Gasteiger charge is 2.60. The summed E-state index contributed by atoms with van der Waals surface area (Å²) in [6, 6.07) is 5.54. The first-order valence-corrected chi connectivity index (χ1v) is 11.2. The zero-order chi connectivity index (χ0) is 23.3. The Bertz CT molecular complexity index is 1030. The number of benzene rings is 1. The minimum atomic E-state index is -1.19. The van der Waals surface area contributed by atoms with E-state index in [2.05, 4.69) is 4.98 Å². The van der Waals surface area contributed by atoms with Crippen LogP contribution in [0.5, 0.6) is 5.75 Å². The zero-order valence-electron chi connectivity index (χ0n) is 19.2. The van der Waals surface area contributed by atoms with Crippen molar-refractivity contribution >= 4 is 22.9 Å². The molecule has 1 aromatic carbocycles. The molecule has 0 radical (unpaired) electrons. The molecule has 0 saturated carbocycles. The van der Waals surface area contributed by atoms with Crippen LogP contribution in [0, 0.1) is 11.3 Å². The predicted molar refractivity (Wildman–Crippen MR) is 121 cm³/mol. The van der Waals surface area contributed by atoms with E-state index in [0.29, 0.717) is 26.0 Å². The molecule has 174 valence electrons. The van der Waals surface area contributed by atoms with E-state index in [1.54, 1.807) is 7.11 Å². The normalized spacial score (nSPS) is 28.8. The molecule has 32 heavy (non-hydrogen) atoms. The molecule has 4 atom stereocenters. The topological polar surface area (TPSA) is 118 Å². The average molecular weight is 444 g/mol. The Balaban J connectivity index is 1.66. The van der Waals surface area contributed by atoms with Crippen LogP contribution in [0.3, 0.4) is 0 Å². The fraction of sp³-hybridized carbons (Fsp3) is 0.583. The number of hydrogen-bond acceptors (Lipinski definition) is 4. The van der Waals surface area contributed by atoms with Crippen molar-refractivity contribution in [3.8, 4) is 5.75 Å². The molecule has 0 spiro atoms. The highest BCUT2D eigenvalue weighted by molar-refractivity contribution is 5.86. The molecule has 4 rings (SSSR count). The Morgan fingerprint density at radius 1 is 1.28 bits per heavy atom. The molecule has 8 heteroatoms. The van der Waals surface area contributed by atoms with Gasteiger partial charge in [0.15, 0.2) is 5.60 Å². The maximum absolute atomic E-state index is 12.7. The summed E-state index contributed by atoms with van der Waals surface area (Å²) < 4.78 is 11.4. The van der Waals surface area contributed by atoms with Crippen LogP contribution in [0.25, 0.3) is 10.9 Å². The van der Waals surface area contributed by atoms with Crippen molar-refractivity contribution in [1.29, 1.82) is 0 Å². The number of carboxylic acid groups (broad SMARTS) is 1. The third-order valence-electron chi connectivity index (χ3n) is 7.46. The third-order valence-corrected chi connectivity index (χ3v) is 7.46. The first-order chi connectivity index (χ1) is 15.1. The number of nitrogens with two attached hydrogens (primary N) is 1. The second kappa shape index (κ2) is 7.99. The molecular formula is C24H33N3O5. The molecule has 0 bridgehead atoms. The average Bonchev–Trinajstić information content (AvgIpc) is 3.37. The number of hydrogen-bond donors (Lipinski definition) is 3. The van der Waals surface area contributed by atoms with Crippen LogP contribution >= 0.6 is 0 Å². The molecule has 2 aliphatic heterocycles. The standard InChI is InChI=1S/C24H33N3O5/c1-23(2,3)24(21(25)28)18(9-10-32-24)20-8-5-14(13-27(20)22(29)30)17-12-26-19-7-6-15(31-4)11-16(17)19/h6-7,11-12,14,18,20,26H,5,8-10,13H2,1-4H3,(H2,25,28)(H,29,30). The molecule has 1 aromatic heterocycles. The fourth-order valence-corrected chi connectivity index (χ4v) is 5.99. The van der Waals surface area contributed by atoms with Crippen molar-refractivity contribution in [2.45, 2.75) is 57.6 Å². The predicted octanol–water partition coefficient (Wildman–Crippen LogP) is 3.71. The van der Waals surface area contributed by atoms with Gasteiger partial charge in [-0.05, 0) is 43.0 Å². The Kier molecular flexibility index (Phi) is 5.61. The van der Waals surface area contributed by atoms with Crippen molar-refractivity contribution in [1.82, 2.24) is 9.88 Å². The smallest absolute Gasteiger partial charge is 0.407 e. The Hall–Kier alpha value is -2.74. The molecule has 4 N–H and O–H groups in total. The van der Waals surface area contributed by atoms with Crippen LogP contribution in [-0.2, 0) is 9.53 Å². The van der Waals surface area contributed by atoms with E-state index >= 15 is 0 Å². The number of aromatic nitrogens is 1. The molecule has 3 heterocycles. The maximum atomic E-state index is 12.7. The number of H-pyrrole nitrogens is 1. The van der Waals surface area contributed by atoms with Crippen LogP contribution in [0.15, 0.2) is 24.4 Å². The largest absolute Gasteiger partial charge is 0.497 e. The van der Waals surface area contributed by atoms with Gasteiger partial charge in [0.05, 0.1) is 7.11 Å². The zero-order valence-corrected chi connectivity index (χ0v) is 19.2.